The molecule has 0 bridgehead atoms. The lowest BCUT2D eigenvalue weighted by atomic mass is 10.2. The van der Waals surface area contributed by atoms with Crippen LogP contribution in [0.15, 0.2) is 0 Å². The molecule has 0 heterocycles. The van der Waals surface area contributed by atoms with Crippen molar-refractivity contribution in [3.05, 3.63) is 0 Å². The molecule has 0 unspecified atom stereocenters. The molecular formula is C12H22O3. The van der Waals surface area contributed by atoms with Gasteiger partial charge in [0.15, 0.2) is 0 Å². The second-order valence-electron chi connectivity index (χ2n) is 3.96. The number of rotatable bonds is 5. The van der Waals surface area contributed by atoms with Gasteiger partial charge in [-0.15, -0.1) is 0 Å². The molecule has 0 spiro atoms. The normalized spacial score (nSPS) is 11.3. The summed E-state index contributed by atoms with van der Waals surface area (Å²) in [5.41, 5.74) is -0.151. The smallest absolute Gasteiger partial charge is 0.222 e. The highest BCUT2D eigenvalue weighted by Crippen LogP contribution is 2.05. The highest BCUT2D eigenvalue weighted by molar-refractivity contribution is 5.02. The molecule has 0 aromatic heterocycles. The molecule has 15 heavy (non-hydrogen) atoms. The summed E-state index contributed by atoms with van der Waals surface area (Å²) in [4.78, 5) is 0. The molecule has 0 saturated heterocycles. The lowest BCUT2D eigenvalue weighted by Crippen LogP contribution is -2.19. The SMILES string of the molecule is CCOC(C#CCOC(C)(C)C)OCC. The van der Waals surface area contributed by atoms with E-state index in [1.165, 1.54) is 0 Å². The van der Waals surface area contributed by atoms with Gasteiger partial charge in [-0.05, 0) is 40.5 Å². The van der Waals surface area contributed by atoms with Crippen LogP contribution in [0.25, 0.3) is 0 Å². The zero-order chi connectivity index (χ0) is 11.7. The molecule has 0 aliphatic rings. The number of ether oxygens (including phenoxy) is 3. The number of hydrogen-bond donors (Lipinski definition) is 0. The van der Waals surface area contributed by atoms with E-state index < -0.39 is 6.29 Å². The van der Waals surface area contributed by atoms with Crippen LogP contribution in [0.5, 0.6) is 0 Å². The molecule has 0 fully saturated rings. The van der Waals surface area contributed by atoms with E-state index in [1.807, 2.05) is 34.6 Å². The monoisotopic (exact) mass is 214 g/mol. The predicted molar refractivity (Wildman–Crippen MR) is 60.5 cm³/mol. The highest BCUT2D eigenvalue weighted by atomic mass is 16.7. The van der Waals surface area contributed by atoms with E-state index in [1.54, 1.807) is 0 Å². The van der Waals surface area contributed by atoms with Crippen LogP contribution in [0.2, 0.25) is 0 Å². The van der Waals surface area contributed by atoms with Gasteiger partial charge in [0.2, 0.25) is 6.29 Å². The van der Waals surface area contributed by atoms with Crippen molar-refractivity contribution in [3.8, 4) is 11.8 Å². The fraction of sp³-hybridized carbons (Fsp3) is 0.833. The quantitative estimate of drug-likeness (QED) is 0.518. The van der Waals surface area contributed by atoms with Crippen molar-refractivity contribution >= 4 is 0 Å². The van der Waals surface area contributed by atoms with Crippen LogP contribution < -0.4 is 0 Å². The Balaban J connectivity index is 3.88. The molecule has 0 aliphatic carbocycles. The molecule has 0 rings (SSSR count). The van der Waals surface area contributed by atoms with Crippen molar-refractivity contribution in [2.24, 2.45) is 0 Å². The Hall–Kier alpha value is -0.560. The first kappa shape index (κ1) is 14.4. The van der Waals surface area contributed by atoms with Gasteiger partial charge in [-0.25, -0.2) is 0 Å². The summed E-state index contributed by atoms with van der Waals surface area (Å²) in [5.74, 6) is 5.76. The molecule has 0 aromatic rings. The van der Waals surface area contributed by atoms with Gasteiger partial charge in [0.25, 0.3) is 0 Å². The zero-order valence-corrected chi connectivity index (χ0v) is 10.4. The van der Waals surface area contributed by atoms with Gasteiger partial charge in [0.05, 0.1) is 5.60 Å². The van der Waals surface area contributed by atoms with Crippen molar-refractivity contribution in [1.82, 2.24) is 0 Å². The van der Waals surface area contributed by atoms with Gasteiger partial charge in [0, 0.05) is 13.2 Å². The van der Waals surface area contributed by atoms with Gasteiger partial charge in [-0.2, -0.15) is 0 Å². The minimum Gasteiger partial charge on any atom is -0.363 e. The Kier molecular flexibility index (Phi) is 7.41. The minimum atomic E-state index is -0.427. The predicted octanol–water partition coefficient (Wildman–Crippen LogP) is 2.20. The maximum atomic E-state index is 5.45. The molecule has 3 nitrogen and oxygen atoms in total. The van der Waals surface area contributed by atoms with Crippen molar-refractivity contribution in [3.63, 3.8) is 0 Å². The maximum Gasteiger partial charge on any atom is 0.222 e. The van der Waals surface area contributed by atoms with Crippen molar-refractivity contribution < 1.29 is 14.2 Å². The van der Waals surface area contributed by atoms with Crippen LogP contribution >= 0.6 is 0 Å². The van der Waals surface area contributed by atoms with Crippen molar-refractivity contribution in [2.75, 3.05) is 19.8 Å². The third kappa shape index (κ3) is 9.74. The highest BCUT2D eigenvalue weighted by Gasteiger charge is 2.08. The van der Waals surface area contributed by atoms with Gasteiger partial charge < -0.3 is 14.2 Å². The Morgan fingerprint density at radius 2 is 1.60 bits per heavy atom. The Morgan fingerprint density at radius 1 is 1.07 bits per heavy atom. The van der Waals surface area contributed by atoms with E-state index in [0.29, 0.717) is 19.8 Å². The fourth-order valence-corrected chi connectivity index (χ4v) is 0.812. The van der Waals surface area contributed by atoms with E-state index >= 15 is 0 Å². The Morgan fingerprint density at radius 3 is 2.00 bits per heavy atom. The lowest BCUT2D eigenvalue weighted by Gasteiger charge is -2.17. The molecule has 0 N–H and O–H groups in total. The second kappa shape index (κ2) is 7.70. The van der Waals surface area contributed by atoms with Crippen LogP contribution in [0, 0.1) is 11.8 Å². The van der Waals surface area contributed by atoms with Crippen LogP contribution in [0.4, 0.5) is 0 Å². The van der Waals surface area contributed by atoms with Gasteiger partial charge in [0.1, 0.15) is 6.61 Å². The summed E-state index contributed by atoms with van der Waals surface area (Å²) in [6, 6.07) is 0. The second-order valence-corrected chi connectivity index (χ2v) is 3.96. The minimum absolute atomic E-state index is 0.151. The average molecular weight is 214 g/mol. The van der Waals surface area contributed by atoms with E-state index in [-0.39, 0.29) is 5.60 Å². The fourth-order valence-electron chi connectivity index (χ4n) is 0.812. The third-order valence-electron chi connectivity index (χ3n) is 1.43. The van der Waals surface area contributed by atoms with Gasteiger partial charge >= 0.3 is 0 Å². The average Bonchev–Trinajstić information content (AvgIpc) is 2.11. The van der Waals surface area contributed by atoms with E-state index in [2.05, 4.69) is 11.8 Å². The molecule has 3 heteroatoms. The van der Waals surface area contributed by atoms with E-state index in [0.717, 1.165) is 0 Å². The molecule has 0 radical (unpaired) electrons. The van der Waals surface area contributed by atoms with Gasteiger partial charge in [-0.1, -0.05) is 5.92 Å². The Labute approximate surface area is 93.1 Å². The number of hydrogen-bond acceptors (Lipinski definition) is 3. The largest absolute Gasteiger partial charge is 0.363 e. The summed E-state index contributed by atoms with van der Waals surface area (Å²) >= 11 is 0. The summed E-state index contributed by atoms with van der Waals surface area (Å²) in [5, 5.41) is 0. The summed E-state index contributed by atoms with van der Waals surface area (Å²) in [7, 11) is 0. The summed E-state index contributed by atoms with van der Waals surface area (Å²) < 4.78 is 16.0. The zero-order valence-electron chi connectivity index (χ0n) is 10.4. The molecule has 0 amide bonds. The lowest BCUT2D eigenvalue weighted by molar-refractivity contribution is -0.0972. The van der Waals surface area contributed by atoms with E-state index in [9.17, 15) is 0 Å². The summed E-state index contributed by atoms with van der Waals surface area (Å²) in [6.45, 7) is 11.4. The summed E-state index contributed by atoms with van der Waals surface area (Å²) in [6.07, 6.45) is -0.427. The first-order valence-corrected chi connectivity index (χ1v) is 5.35. The van der Waals surface area contributed by atoms with Crippen LogP contribution in [0.3, 0.4) is 0 Å². The Bertz CT molecular complexity index is 201. The first-order valence-electron chi connectivity index (χ1n) is 5.35. The molecular weight excluding hydrogens is 192 g/mol. The van der Waals surface area contributed by atoms with E-state index in [4.69, 9.17) is 14.2 Å². The molecule has 88 valence electrons. The molecule has 0 atom stereocenters. The molecule has 0 saturated carbocycles. The van der Waals surface area contributed by atoms with Crippen LogP contribution in [-0.4, -0.2) is 31.7 Å². The molecule has 0 aromatic carbocycles. The van der Waals surface area contributed by atoms with Gasteiger partial charge in [-0.3, -0.25) is 0 Å². The molecule has 0 aliphatic heterocycles. The van der Waals surface area contributed by atoms with Crippen LogP contribution in [-0.2, 0) is 14.2 Å². The van der Waals surface area contributed by atoms with Crippen molar-refractivity contribution in [2.45, 2.75) is 46.5 Å². The topological polar surface area (TPSA) is 27.7 Å². The van der Waals surface area contributed by atoms with Crippen molar-refractivity contribution in [1.29, 1.82) is 0 Å². The maximum absolute atomic E-state index is 5.45. The van der Waals surface area contributed by atoms with Crippen LogP contribution in [0.1, 0.15) is 34.6 Å². The standard InChI is InChI=1S/C12H22O3/c1-6-13-11(14-7-2)9-8-10-15-12(3,4)5/h11H,6-7,10H2,1-5H3. The first-order chi connectivity index (χ1) is 6.99. The third-order valence-corrected chi connectivity index (χ3v) is 1.43.